The van der Waals surface area contributed by atoms with Gasteiger partial charge in [-0.05, 0) is 32.0 Å². The van der Waals surface area contributed by atoms with Crippen molar-refractivity contribution in [3.8, 4) is 0 Å². The summed E-state index contributed by atoms with van der Waals surface area (Å²) in [7, 11) is 0. The largest absolute Gasteiger partial charge is 0.462 e. The van der Waals surface area contributed by atoms with Gasteiger partial charge in [0.05, 0.1) is 12.2 Å². The number of amides is 1. The molecule has 0 aliphatic carbocycles. The predicted octanol–water partition coefficient (Wildman–Crippen LogP) is 2.12. The molecule has 1 aromatic carbocycles. The Hall–Kier alpha value is -2.30. The number of carbonyl (C=O) groups is 2. The van der Waals surface area contributed by atoms with E-state index in [1.165, 1.54) is 0 Å². The average Bonchev–Trinajstić information content (AvgIpc) is 2.83. The molecule has 0 spiro atoms. The second kappa shape index (κ2) is 4.67. The van der Waals surface area contributed by atoms with E-state index in [2.05, 4.69) is 5.32 Å². The van der Waals surface area contributed by atoms with Crippen molar-refractivity contribution in [2.24, 2.45) is 0 Å². The topological polar surface area (TPSA) is 60.3 Å². The van der Waals surface area contributed by atoms with Crippen LogP contribution in [0.4, 0.5) is 0 Å². The number of rotatable bonds is 2. The smallest absolute Gasteiger partial charge is 0.338 e. The van der Waals surface area contributed by atoms with Crippen LogP contribution in [0.1, 0.15) is 40.7 Å². The van der Waals surface area contributed by atoms with Crippen molar-refractivity contribution in [2.75, 3.05) is 13.2 Å². The number of nitrogens with zero attached hydrogens (tertiary/aromatic N) is 1. The number of nitrogens with one attached hydrogen (secondary N) is 1. The summed E-state index contributed by atoms with van der Waals surface area (Å²) in [6, 6.07) is 7.40. The third-order valence-electron chi connectivity index (χ3n) is 3.58. The molecule has 1 aliphatic heterocycles. The summed E-state index contributed by atoms with van der Waals surface area (Å²) in [6.07, 6.45) is 0. The third-order valence-corrected chi connectivity index (χ3v) is 3.58. The van der Waals surface area contributed by atoms with Crippen LogP contribution in [0, 0.1) is 0 Å². The number of aromatic nitrogens is 1. The maximum Gasteiger partial charge on any atom is 0.338 e. The number of ether oxygens (including phenoxy) is 1. The van der Waals surface area contributed by atoms with E-state index in [1.54, 1.807) is 19.1 Å². The molecule has 3 rings (SSSR count). The van der Waals surface area contributed by atoms with Crippen molar-refractivity contribution in [2.45, 2.75) is 19.9 Å². The van der Waals surface area contributed by atoms with E-state index in [1.807, 2.05) is 23.6 Å². The van der Waals surface area contributed by atoms with Crippen molar-refractivity contribution in [3.63, 3.8) is 0 Å². The lowest BCUT2D eigenvalue weighted by Crippen LogP contribution is -2.37. The summed E-state index contributed by atoms with van der Waals surface area (Å²) >= 11 is 0. The van der Waals surface area contributed by atoms with Crippen LogP contribution in [0.15, 0.2) is 24.3 Å². The minimum Gasteiger partial charge on any atom is -0.462 e. The molecule has 1 amide bonds. The summed E-state index contributed by atoms with van der Waals surface area (Å²) in [5, 5.41) is 3.81. The zero-order valence-electron chi connectivity index (χ0n) is 11.5. The molecule has 1 aliphatic rings. The molecule has 1 N–H and O–H groups in total. The Bertz CT molecular complexity index is 702. The number of hydrogen-bond donors (Lipinski definition) is 1. The second-order valence-corrected chi connectivity index (χ2v) is 4.95. The molecule has 20 heavy (non-hydrogen) atoms. The molecule has 0 unspecified atom stereocenters. The van der Waals surface area contributed by atoms with E-state index < -0.39 is 0 Å². The van der Waals surface area contributed by atoms with Crippen LogP contribution >= 0.6 is 0 Å². The van der Waals surface area contributed by atoms with Gasteiger partial charge in [0.25, 0.3) is 5.91 Å². The monoisotopic (exact) mass is 272 g/mol. The molecule has 0 bridgehead atoms. The molecule has 0 saturated heterocycles. The molecule has 1 aromatic heterocycles. The van der Waals surface area contributed by atoms with Gasteiger partial charge in [-0.3, -0.25) is 4.79 Å². The summed E-state index contributed by atoms with van der Waals surface area (Å²) in [4.78, 5) is 23.7. The SMILES string of the molecule is CCOC(=O)c1ccc2cc3n(c2c1)[C@H](C)CNC3=O. The number of carbonyl (C=O) groups excluding carboxylic acids is 2. The standard InChI is InChI=1S/C15H16N2O3/c1-3-20-15(19)11-5-4-10-6-13-14(18)16-8-9(2)17(13)12(10)7-11/h4-7,9H,3,8H2,1-2H3,(H,16,18)/t9-/m1/s1. The van der Waals surface area contributed by atoms with Crippen molar-refractivity contribution in [1.29, 1.82) is 0 Å². The molecule has 0 saturated carbocycles. The number of fused-ring (bicyclic) bond motifs is 3. The molecule has 0 fully saturated rings. The zero-order valence-corrected chi connectivity index (χ0v) is 11.5. The van der Waals surface area contributed by atoms with Crippen LogP contribution in [0.25, 0.3) is 10.9 Å². The highest BCUT2D eigenvalue weighted by Gasteiger charge is 2.24. The molecule has 2 heterocycles. The maximum absolute atomic E-state index is 11.9. The van der Waals surface area contributed by atoms with Crippen LogP contribution in [-0.4, -0.2) is 29.6 Å². The van der Waals surface area contributed by atoms with Gasteiger partial charge in [-0.25, -0.2) is 4.79 Å². The van der Waals surface area contributed by atoms with E-state index in [-0.39, 0.29) is 17.9 Å². The lowest BCUT2D eigenvalue weighted by atomic mass is 10.1. The number of esters is 1. The Labute approximate surface area is 116 Å². The van der Waals surface area contributed by atoms with Gasteiger partial charge in [0.1, 0.15) is 5.69 Å². The molecule has 1 atom stereocenters. The molecule has 2 aromatic rings. The first kappa shape index (κ1) is 12.7. The first-order valence-electron chi connectivity index (χ1n) is 6.72. The van der Waals surface area contributed by atoms with Gasteiger partial charge in [0.15, 0.2) is 0 Å². The summed E-state index contributed by atoms with van der Waals surface area (Å²) in [6.45, 7) is 4.77. The van der Waals surface area contributed by atoms with Gasteiger partial charge >= 0.3 is 5.97 Å². The van der Waals surface area contributed by atoms with E-state index >= 15 is 0 Å². The van der Waals surface area contributed by atoms with Crippen LogP contribution < -0.4 is 5.32 Å². The van der Waals surface area contributed by atoms with Crippen molar-refractivity contribution >= 4 is 22.8 Å². The molecule has 0 radical (unpaired) electrons. The van der Waals surface area contributed by atoms with Gasteiger partial charge in [0.2, 0.25) is 0 Å². The Morgan fingerprint density at radius 3 is 3.00 bits per heavy atom. The fourth-order valence-electron chi connectivity index (χ4n) is 2.63. The summed E-state index contributed by atoms with van der Waals surface area (Å²) in [5.41, 5.74) is 2.05. The van der Waals surface area contributed by atoms with E-state index in [0.717, 1.165) is 10.9 Å². The Kier molecular flexibility index (Phi) is 2.97. The van der Waals surface area contributed by atoms with Gasteiger partial charge < -0.3 is 14.6 Å². The molecule has 5 nitrogen and oxygen atoms in total. The van der Waals surface area contributed by atoms with Crippen molar-refractivity contribution in [1.82, 2.24) is 9.88 Å². The van der Waals surface area contributed by atoms with E-state index in [0.29, 0.717) is 24.4 Å². The minimum atomic E-state index is -0.335. The van der Waals surface area contributed by atoms with Crippen molar-refractivity contribution in [3.05, 3.63) is 35.5 Å². The molecule has 5 heteroatoms. The van der Waals surface area contributed by atoms with E-state index in [4.69, 9.17) is 4.74 Å². The summed E-state index contributed by atoms with van der Waals surface area (Å²) in [5.74, 6) is -0.408. The minimum absolute atomic E-state index is 0.0722. The van der Waals surface area contributed by atoms with Crippen molar-refractivity contribution < 1.29 is 14.3 Å². The maximum atomic E-state index is 11.9. The lowest BCUT2D eigenvalue weighted by Gasteiger charge is -2.24. The van der Waals surface area contributed by atoms with Gasteiger partial charge in [-0.1, -0.05) is 6.07 Å². The number of benzene rings is 1. The Morgan fingerprint density at radius 2 is 2.25 bits per heavy atom. The second-order valence-electron chi connectivity index (χ2n) is 4.95. The van der Waals surface area contributed by atoms with E-state index in [9.17, 15) is 9.59 Å². The molecular weight excluding hydrogens is 256 g/mol. The zero-order chi connectivity index (χ0) is 14.3. The third kappa shape index (κ3) is 1.86. The Morgan fingerprint density at radius 1 is 1.45 bits per heavy atom. The highest BCUT2D eigenvalue weighted by Crippen LogP contribution is 2.27. The summed E-state index contributed by atoms with van der Waals surface area (Å²) < 4.78 is 7.00. The highest BCUT2D eigenvalue weighted by molar-refractivity contribution is 6.01. The van der Waals surface area contributed by atoms with Gasteiger partial charge in [-0.15, -0.1) is 0 Å². The fraction of sp³-hybridized carbons (Fsp3) is 0.333. The van der Waals surface area contributed by atoms with Crippen LogP contribution in [0.3, 0.4) is 0 Å². The quantitative estimate of drug-likeness (QED) is 0.852. The van der Waals surface area contributed by atoms with Crippen LogP contribution in [-0.2, 0) is 4.74 Å². The highest BCUT2D eigenvalue weighted by atomic mass is 16.5. The molecular formula is C15H16N2O3. The first-order chi connectivity index (χ1) is 9.61. The molecule has 104 valence electrons. The fourth-order valence-corrected chi connectivity index (χ4v) is 2.63. The van der Waals surface area contributed by atoms with Crippen LogP contribution in [0.5, 0.6) is 0 Å². The van der Waals surface area contributed by atoms with Crippen LogP contribution in [0.2, 0.25) is 0 Å². The average molecular weight is 272 g/mol. The first-order valence-corrected chi connectivity index (χ1v) is 6.72. The Balaban J connectivity index is 2.16. The normalized spacial score (nSPS) is 17.7. The lowest BCUT2D eigenvalue weighted by molar-refractivity contribution is 0.0526. The van der Waals surface area contributed by atoms with Gasteiger partial charge in [0, 0.05) is 23.5 Å². The predicted molar refractivity (Wildman–Crippen MR) is 74.9 cm³/mol. The van der Waals surface area contributed by atoms with Gasteiger partial charge in [-0.2, -0.15) is 0 Å². The number of hydrogen-bond acceptors (Lipinski definition) is 3.